The predicted molar refractivity (Wildman–Crippen MR) is 98.5 cm³/mol. The first-order valence-corrected chi connectivity index (χ1v) is 8.20. The van der Waals surface area contributed by atoms with Crippen LogP contribution in [0.3, 0.4) is 0 Å². The molecule has 5 nitrogen and oxygen atoms in total. The number of nitrogens with two attached hydrogens (primary N) is 1. The van der Waals surface area contributed by atoms with Gasteiger partial charge in [-0.25, -0.2) is 4.39 Å². The molecule has 3 rings (SSSR count). The second kappa shape index (κ2) is 7.74. The molecule has 0 spiro atoms. The van der Waals surface area contributed by atoms with Gasteiger partial charge in [0.1, 0.15) is 11.6 Å². The van der Waals surface area contributed by atoms with Crippen molar-refractivity contribution in [2.75, 3.05) is 6.54 Å². The summed E-state index contributed by atoms with van der Waals surface area (Å²) in [5, 5.41) is 20.2. The predicted octanol–water partition coefficient (Wildman–Crippen LogP) is 0.908. The van der Waals surface area contributed by atoms with Gasteiger partial charge in [-0.1, -0.05) is 30.3 Å². The molecule has 0 amide bonds. The summed E-state index contributed by atoms with van der Waals surface area (Å²) in [4.78, 5) is 16.8. The van der Waals surface area contributed by atoms with E-state index in [0.29, 0.717) is 5.56 Å². The number of ketones is 1. The highest BCUT2D eigenvalue weighted by molar-refractivity contribution is 6.58. The third-order valence-electron chi connectivity index (χ3n) is 4.41. The average molecular weight is 352 g/mol. The Morgan fingerprint density at radius 1 is 1.15 bits per heavy atom. The standard InChI is InChI=1S/C19H18BFN2O3/c21-18-9-14(3-4-17(18)20(25)26)16(10-22)19(24)8-12-1-2-15-11-23-6-5-13(15)7-12/h1-7,9,11,16,25-26H,8,10,22H2/t16-/m1/s1. The van der Waals surface area contributed by atoms with Crippen LogP contribution in [0.4, 0.5) is 4.39 Å². The topological polar surface area (TPSA) is 96.4 Å². The van der Waals surface area contributed by atoms with E-state index in [1.54, 1.807) is 12.4 Å². The molecule has 0 saturated carbocycles. The van der Waals surface area contributed by atoms with Crippen molar-refractivity contribution in [2.24, 2.45) is 5.73 Å². The van der Waals surface area contributed by atoms with E-state index >= 15 is 0 Å². The largest absolute Gasteiger partial charge is 0.491 e. The summed E-state index contributed by atoms with van der Waals surface area (Å²) in [6.45, 7) is 0.0385. The molecule has 0 unspecified atom stereocenters. The SMILES string of the molecule is NC[C@@H](C(=O)Cc1ccc2cnccc2c1)c1ccc(B(O)O)c(F)c1. The molecule has 26 heavy (non-hydrogen) atoms. The molecular formula is C19H18BFN2O3. The van der Waals surface area contributed by atoms with Crippen molar-refractivity contribution in [1.82, 2.24) is 4.98 Å². The molecule has 0 bridgehead atoms. The monoisotopic (exact) mass is 352 g/mol. The van der Waals surface area contributed by atoms with Crippen molar-refractivity contribution in [1.29, 1.82) is 0 Å². The van der Waals surface area contributed by atoms with Gasteiger partial charge in [0.15, 0.2) is 0 Å². The summed E-state index contributed by atoms with van der Waals surface area (Å²) in [5.41, 5.74) is 6.77. The number of carbonyl (C=O) groups excluding carboxylic acids is 1. The van der Waals surface area contributed by atoms with Crippen LogP contribution in [-0.2, 0) is 11.2 Å². The van der Waals surface area contributed by atoms with Crippen molar-refractivity contribution in [2.45, 2.75) is 12.3 Å². The molecule has 0 aliphatic carbocycles. The van der Waals surface area contributed by atoms with Crippen LogP contribution >= 0.6 is 0 Å². The lowest BCUT2D eigenvalue weighted by Gasteiger charge is -2.15. The molecule has 0 fully saturated rings. The minimum absolute atomic E-state index is 0.0385. The number of carbonyl (C=O) groups is 1. The van der Waals surface area contributed by atoms with E-state index in [1.807, 2.05) is 24.3 Å². The van der Waals surface area contributed by atoms with E-state index in [1.165, 1.54) is 12.1 Å². The number of halogens is 1. The van der Waals surface area contributed by atoms with Gasteiger partial charge in [-0.3, -0.25) is 9.78 Å². The van der Waals surface area contributed by atoms with E-state index in [2.05, 4.69) is 4.98 Å². The van der Waals surface area contributed by atoms with Crippen molar-refractivity contribution in [3.8, 4) is 0 Å². The molecular weight excluding hydrogens is 334 g/mol. The van der Waals surface area contributed by atoms with Gasteiger partial charge in [0.2, 0.25) is 0 Å². The highest BCUT2D eigenvalue weighted by Gasteiger charge is 2.23. The summed E-state index contributed by atoms with van der Waals surface area (Å²) in [5.74, 6) is -1.57. The third-order valence-corrected chi connectivity index (χ3v) is 4.41. The molecule has 0 saturated heterocycles. The zero-order chi connectivity index (χ0) is 18.7. The van der Waals surface area contributed by atoms with Crippen molar-refractivity contribution >= 4 is 29.1 Å². The number of benzene rings is 2. The Balaban J connectivity index is 1.83. The Morgan fingerprint density at radius 3 is 2.65 bits per heavy atom. The van der Waals surface area contributed by atoms with Crippen LogP contribution in [0, 0.1) is 5.82 Å². The Labute approximate surface area is 150 Å². The van der Waals surface area contributed by atoms with Crippen molar-refractivity contribution in [3.63, 3.8) is 0 Å². The van der Waals surface area contributed by atoms with Crippen LogP contribution in [-0.4, -0.2) is 34.5 Å². The number of aromatic nitrogens is 1. The minimum atomic E-state index is -1.90. The lowest BCUT2D eigenvalue weighted by atomic mass is 9.78. The number of rotatable bonds is 6. The van der Waals surface area contributed by atoms with Crippen LogP contribution in [0.1, 0.15) is 17.0 Å². The Hall–Kier alpha value is -2.61. The molecule has 1 atom stereocenters. The summed E-state index contributed by atoms with van der Waals surface area (Å²) in [6.07, 6.45) is 3.62. The number of Topliss-reactive ketones (excluding diaryl/α,β-unsaturated/α-hetero) is 1. The number of hydrogen-bond acceptors (Lipinski definition) is 5. The first-order chi connectivity index (χ1) is 12.5. The van der Waals surface area contributed by atoms with Gasteiger partial charge >= 0.3 is 7.12 Å². The van der Waals surface area contributed by atoms with Crippen molar-refractivity contribution < 1.29 is 19.2 Å². The molecule has 1 aromatic heterocycles. The van der Waals surface area contributed by atoms with Gasteiger partial charge in [-0.05, 0) is 28.6 Å². The first-order valence-electron chi connectivity index (χ1n) is 8.20. The summed E-state index contributed by atoms with van der Waals surface area (Å²) in [6, 6.07) is 11.5. The van der Waals surface area contributed by atoms with Gasteiger partial charge in [0.05, 0.1) is 5.92 Å². The zero-order valence-corrected chi connectivity index (χ0v) is 14.0. The van der Waals surface area contributed by atoms with Crippen LogP contribution in [0.2, 0.25) is 0 Å². The normalized spacial score (nSPS) is 12.2. The van der Waals surface area contributed by atoms with E-state index in [4.69, 9.17) is 15.8 Å². The summed E-state index contributed by atoms with van der Waals surface area (Å²) >= 11 is 0. The number of pyridine rings is 1. The fraction of sp³-hybridized carbons (Fsp3) is 0.158. The maximum absolute atomic E-state index is 14.0. The van der Waals surface area contributed by atoms with Crippen LogP contribution in [0.5, 0.6) is 0 Å². The molecule has 1 heterocycles. The summed E-state index contributed by atoms with van der Waals surface area (Å²) in [7, 11) is -1.90. The van der Waals surface area contributed by atoms with Gasteiger partial charge in [0.25, 0.3) is 0 Å². The number of hydrogen-bond donors (Lipinski definition) is 3. The third kappa shape index (κ3) is 3.80. The van der Waals surface area contributed by atoms with E-state index < -0.39 is 18.9 Å². The van der Waals surface area contributed by atoms with E-state index in [0.717, 1.165) is 22.4 Å². The maximum atomic E-state index is 14.0. The minimum Gasteiger partial charge on any atom is -0.423 e. The Kier molecular flexibility index (Phi) is 5.42. The van der Waals surface area contributed by atoms with Crippen LogP contribution < -0.4 is 11.2 Å². The van der Waals surface area contributed by atoms with Crippen molar-refractivity contribution in [3.05, 3.63) is 71.8 Å². The number of nitrogens with zero attached hydrogens (tertiary/aromatic N) is 1. The molecule has 3 aromatic rings. The lowest BCUT2D eigenvalue weighted by molar-refractivity contribution is -0.119. The smallest absolute Gasteiger partial charge is 0.423 e. The molecule has 0 aliphatic rings. The second-order valence-corrected chi connectivity index (χ2v) is 6.14. The number of fused-ring (bicyclic) bond motifs is 1. The summed E-state index contributed by atoms with van der Waals surface area (Å²) < 4.78 is 14.0. The van der Waals surface area contributed by atoms with Gasteiger partial charge in [-0.2, -0.15) is 0 Å². The van der Waals surface area contributed by atoms with Crippen LogP contribution in [0.15, 0.2) is 54.9 Å². The highest BCUT2D eigenvalue weighted by Crippen LogP contribution is 2.21. The molecule has 0 radical (unpaired) electrons. The molecule has 2 aromatic carbocycles. The fourth-order valence-electron chi connectivity index (χ4n) is 2.99. The molecule has 132 valence electrons. The Morgan fingerprint density at radius 2 is 1.96 bits per heavy atom. The second-order valence-electron chi connectivity index (χ2n) is 6.14. The van der Waals surface area contributed by atoms with Gasteiger partial charge in [0, 0.05) is 36.2 Å². The lowest BCUT2D eigenvalue weighted by Crippen LogP contribution is -2.33. The molecule has 7 heteroatoms. The fourth-order valence-corrected chi connectivity index (χ4v) is 2.99. The zero-order valence-electron chi connectivity index (χ0n) is 14.0. The van der Waals surface area contributed by atoms with Crippen LogP contribution in [0.25, 0.3) is 10.8 Å². The maximum Gasteiger partial charge on any atom is 0.491 e. The molecule has 0 aliphatic heterocycles. The first kappa shape index (κ1) is 18.2. The Bertz CT molecular complexity index is 949. The van der Waals surface area contributed by atoms with E-state index in [-0.39, 0.29) is 24.2 Å². The van der Waals surface area contributed by atoms with Gasteiger partial charge < -0.3 is 15.8 Å². The van der Waals surface area contributed by atoms with E-state index in [9.17, 15) is 9.18 Å². The van der Waals surface area contributed by atoms with Gasteiger partial charge in [-0.15, -0.1) is 0 Å². The highest BCUT2D eigenvalue weighted by atomic mass is 19.1. The average Bonchev–Trinajstić information content (AvgIpc) is 2.62. The quantitative estimate of drug-likeness (QED) is 0.573. The molecule has 4 N–H and O–H groups in total.